The van der Waals surface area contributed by atoms with Crippen molar-refractivity contribution in [2.75, 3.05) is 0 Å². The molecule has 24 heavy (non-hydrogen) atoms. The van der Waals surface area contributed by atoms with E-state index in [1.165, 1.54) is 6.07 Å². The highest BCUT2D eigenvalue weighted by molar-refractivity contribution is 5.50. The van der Waals surface area contributed by atoms with Crippen molar-refractivity contribution in [3.63, 3.8) is 0 Å². The summed E-state index contributed by atoms with van der Waals surface area (Å²) in [6.07, 6.45) is 2.46. The van der Waals surface area contributed by atoms with Crippen molar-refractivity contribution in [2.24, 2.45) is 0 Å². The molecule has 0 amide bonds. The molecular formula is C18H18FN3O2. The van der Waals surface area contributed by atoms with Gasteiger partial charge in [0.1, 0.15) is 5.82 Å². The Hall–Kier alpha value is -2.50. The molecule has 1 aliphatic carbocycles. The van der Waals surface area contributed by atoms with Crippen LogP contribution >= 0.6 is 0 Å². The first-order valence-electron chi connectivity index (χ1n) is 8.11. The van der Waals surface area contributed by atoms with Gasteiger partial charge in [-0.2, -0.15) is 4.98 Å². The van der Waals surface area contributed by atoms with Crippen LogP contribution in [0.1, 0.15) is 48.3 Å². The molecule has 0 spiro atoms. The number of hydrogen-bond donors (Lipinski definition) is 0. The highest BCUT2D eigenvalue weighted by atomic mass is 19.1. The number of hydrogen-bond acceptors (Lipinski definition) is 5. The van der Waals surface area contributed by atoms with Crippen LogP contribution < -0.4 is 0 Å². The second-order valence-corrected chi connectivity index (χ2v) is 6.34. The maximum atomic E-state index is 13.7. The minimum atomic E-state index is -0.352. The molecule has 6 heteroatoms. The lowest BCUT2D eigenvalue weighted by atomic mass is 9.91. The van der Waals surface area contributed by atoms with Crippen molar-refractivity contribution in [1.82, 2.24) is 15.1 Å². The van der Waals surface area contributed by atoms with Gasteiger partial charge in [0.25, 0.3) is 5.89 Å². The molecule has 1 saturated carbocycles. The van der Waals surface area contributed by atoms with E-state index < -0.39 is 0 Å². The van der Waals surface area contributed by atoms with Crippen LogP contribution in [0, 0.1) is 19.7 Å². The van der Waals surface area contributed by atoms with Gasteiger partial charge in [-0.25, -0.2) is 9.37 Å². The first kappa shape index (κ1) is 15.1. The Morgan fingerprint density at radius 2 is 2.00 bits per heavy atom. The van der Waals surface area contributed by atoms with E-state index in [0.29, 0.717) is 29.8 Å². The molecule has 0 saturated heterocycles. The van der Waals surface area contributed by atoms with Crippen molar-refractivity contribution < 1.29 is 13.3 Å². The summed E-state index contributed by atoms with van der Waals surface area (Å²) >= 11 is 0. The predicted molar refractivity (Wildman–Crippen MR) is 85.1 cm³/mol. The molecule has 2 aromatic heterocycles. The van der Waals surface area contributed by atoms with Gasteiger partial charge in [-0.05, 0) is 49.9 Å². The molecule has 124 valence electrons. The van der Waals surface area contributed by atoms with Gasteiger partial charge in [0, 0.05) is 6.42 Å². The molecule has 1 aliphatic rings. The van der Waals surface area contributed by atoms with E-state index in [1.54, 1.807) is 12.1 Å². The van der Waals surface area contributed by atoms with Gasteiger partial charge in [0.15, 0.2) is 11.7 Å². The van der Waals surface area contributed by atoms with Gasteiger partial charge in [-0.3, -0.25) is 0 Å². The summed E-state index contributed by atoms with van der Waals surface area (Å²) in [6, 6.07) is 4.84. The van der Waals surface area contributed by atoms with Crippen LogP contribution in [0.5, 0.6) is 0 Å². The zero-order valence-corrected chi connectivity index (χ0v) is 13.9. The molecule has 4 rings (SSSR count). The Morgan fingerprint density at radius 3 is 2.67 bits per heavy atom. The number of nitrogens with zero attached hydrogens (tertiary/aromatic N) is 3. The topological polar surface area (TPSA) is 65.0 Å². The van der Waals surface area contributed by atoms with Gasteiger partial charge in [-0.15, -0.1) is 0 Å². The lowest BCUT2D eigenvalue weighted by Gasteiger charge is -2.14. The summed E-state index contributed by atoms with van der Waals surface area (Å²) in [7, 11) is 0. The molecule has 0 N–H and O–H groups in total. The molecule has 3 aromatic rings. The van der Waals surface area contributed by atoms with Gasteiger partial charge in [0.05, 0.1) is 11.1 Å². The van der Waals surface area contributed by atoms with Crippen LogP contribution in [-0.4, -0.2) is 15.1 Å². The van der Waals surface area contributed by atoms with Crippen LogP contribution in [0.4, 0.5) is 4.39 Å². The Morgan fingerprint density at radius 1 is 1.21 bits per heavy atom. The number of benzene rings is 1. The third-order valence-corrected chi connectivity index (χ3v) is 4.66. The van der Waals surface area contributed by atoms with Gasteiger partial charge in [-0.1, -0.05) is 18.1 Å². The summed E-state index contributed by atoms with van der Waals surface area (Å²) < 4.78 is 24.8. The highest BCUT2D eigenvalue weighted by Gasteiger charge is 2.51. The number of oxazole rings is 1. The second-order valence-electron chi connectivity index (χ2n) is 6.34. The first-order valence-corrected chi connectivity index (χ1v) is 8.11. The van der Waals surface area contributed by atoms with Crippen LogP contribution in [0.3, 0.4) is 0 Å². The average molecular weight is 327 g/mol. The monoisotopic (exact) mass is 327 g/mol. The molecular weight excluding hydrogens is 309 g/mol. The molecule has 0 radical (unpaired) electrons. The van der Waals surface area contributed by atoms with E-state index in [-0.39, 0.29) is 11.2 Å². The van der Waals surface area contributed by atoms with Gasteiger partial charge >= 0.3 is 0 Å². The largest absolute Gasteiger partial charge is 0.435 e. The Bertz CT molecular complexity index is 909. The van der Waals surface area contributed by atoms with Crippen molar-refractivity contribution in [2.45, 2.75) is 45.4 Å². The SMILES string of the molecule is CCc1nc(C)c(-c2nc(C3(c4cc(F)ccc4C)CC3)no2)o1. The van der Waals surface area contributed by atoms with Crippen LogP contribution in [0.25, 0.3) is 11.7 Å². The molecule has 1 fully saturated rings. The Balaban J connectivity index is 1.74. The van der Waals surface area contributed by atoms with Crippen molar-refractivity contribution in [3.8, 4) is 11.7 Å². The summed E-state index contributed by atoms with van der Waals surface area (Å²) in [6.45, 7) is 5.80. The number of halogens is 1. The molecule has 1 aromatic carbocycles. The zero-order valence-electron chi connectivity index (χ0n) is 13.9. The summed E-state index contributed by atoms with van der Waals surface area (Å²) in [4.78, 5) is 8.87. The average Bonchev–Trinajstić information content (AvgIpc) is 3.06. The molecule has 0 atom stereocenters. The fourth-order valence-corrected chi connectivity index (χ4v) is 3.16. The van der Waals surface area contributed by atoms with Crippen LogP contribution in [0.2, 0.25) is 0 Å². The summed E-state index contributed by atoms with van der Waals surface area (Å²) in [5, 5.41) is 4.15. The number of rotatable bonds is 4. The minimum Gasteiger partial charge on any atom is -0.435 e. The van der Waals surface area contributed by atoms with Crippen molar-refractivity contribution in [1.29, 1.82) is 0 Å². The second kappa shape index (κ2) is 5.26. The van der Waals surface area contributed by atoms with E-state index in [0.717, 1.165) is 29.7 Å². The normalized spacial score (nSPS) is 15.7. The summed E-state index contributed by atoms with van der Waals surface area (Å²) in [5.74, 6) is 1.82. The fraction of sp³-hybridized carbons (Fsp3) is 0.389. The van der Waals surface area contributed by atoms with Crippen molar-refractivity contribution >= 4 is 0 Å². The molecule has 0 unspecified atom stereocenters. The Kier molecular flexibility index (Phi) is 3.30. The molecule has 5 nitrogen and oxygen atoms in total. The van der Waals surface area contributed by atoms with E-state index in [4.69, 9.17) is 8.94 Å². The lowest BCUT2D eigenvalue weighted by Crippen LogP contribution is -2.13. The van der Waals surface area contributed by atoms with E-state index >= 15 is 0 Å². The molecule has 0 aliphatic heterocycles. The molecule has 0 bridgehead atoms. The zero-order chi connectivity index (χ0) is 16.9. The predicted octanol–water partition coefficient (Wildman–Crippen LogP) is 4.12. The minimum absolute atomic E-state index is 0.246. The van der Waals surface area contributed by atoms with E-state index in [1.807, 2.05) is 20.8 Å². The first-order chi connectivity index (χ1) is 11.5. The lowest BCUT2D eigenvalue weighted by molar-refractivity contribution is 0.400. The van der Waals surface area contributed by atoms with Crippen LogP contribution in [0.15, 0.2) is 27.1 Å². The highest BCUT2D eigenvalue weighted by Crippen LogP contribution is 2.53. The van der Waals surface area contributed by atoms with Crippen molar-refractivity contribution in [3.05, 3.63) is 52.6 Å². The fourth-order valence-electron chi connectivity index (χ4n) is 3.16. The Labute approximate surface area is 138 Å². The molecule has 2 heterocycles. The van der Waals surface area contributed by atoms with Gasteiger partial charge < -0.3 is 8.94 Å². The maximum Gasteiger partial charge on any atom is 0.295 e. The van der Waals surface area contributed by atoms with E-state index in [2.05, 4.69) is 15.1 Å². The third kappa shape index (κ3) is 2.25. The summed E-state index contributed by atoms with van der Waals surface area (Å²) in [5.41, 5.74) is 2.34. The third-order valence-electron chi connectivity index (χ3n) is 4.66. The quantitative estimate of drug-likeness (QED) is 0.721. The maximum absolute atomic E-state index is 13.7. The van der Waals surface area contributed by atoms with E-state index in [9.17, 15) is 4.39 Å². The van der Waals surface area contributed by atoms with Gasteiger partial charge in [0.2, 0.25) is 5.76 Å². The number of aromatic nitrogens is 3. The smallest absolute Gasteiger partial charge is 0.295 e. The number of aryl methyl sites for hydroxylation is 3. The van der Waals surface area contributed by atoms with Crippen LogP contribution in [-0.2, 0) is 11.8 Å². The standard InChI is InChI=1S/C18H18FN3O2/c1-4-14-20-11(3)15(23-14)16-21-17(22-24-16)18(7-8-18)13-9-12(19)6-5-10(13)2/h5-6,9H,4,7-8H2,1-3H3.